The minimum atomic E-state index is 0.309. The van der Waals surface area contributed by atoms with Crippen LogP contribution in [0.5, 0.6) is 0 Å². The number of benzene rings is 1. The number of thiazole rings is 1. The van der Waals surface area contributed by atoms with Crippen LogP contribution >= 0.6 is 34.7 Å². The number of hydrogen-bond donors (Lipinski definition) is 1. The molecule has 0 spiro atoms. The molecule has 96 valence electrons. The number of halogens is 1. The fourth-order valence-corrected chi connectivity index (χ4v) is 3.61. The molecule has 1 unspecified atom stereocenters. The molecule has 0 saturated heterocycles. The van der Waals surface area contributed by atoms with Crippen molar-refractivity contribution in [2.45, 2.75) is 29.1 Å². The summed E-state index contributed by atoms with van der Waals surface area (Å²) < 4.78 is 1.03. The molecule has 18 heavy (non-hydrogen) atoms. The van der Waals surface area contributed by atoms with Gasteiger partial charge in [0, 0.05) is 22.0 Å². The van der Waals surface area contributed by atoms with Crippen molar-refractivity contribution < 1.29 is 0 Å². The van der Waals surface area contributed by atoms with Crippen molar-refractivity contribution >= 4 is 34.7 Å². The molecule has 0 aliphatic carbocycles. The lowest BCUT2D eigenvalue weighted by atomic mass is 10.1. The highest BCUT2D eigenvalue weighted by Crippen LogP contribution is 2.36. The average Bonchev–Trinajstić information content (AvgIpc) is 2.76. The van der Waals surface area contributed by atoms with E-state index >= 15 is 0 Å². The summed E-state index contributed by atoms with van der Waals surface area (Å²) >= 11 is 9.58. The Balaban J connectivity index is 2.19. The Morgan fingerprint density at radius 1 is 1.44 bits per heavy atom. The second-order valence-corrected chi connectivity index (χ2v) is 6.61. The van der Waals surface area contributed by atoms with Gasteiger partial charge < -0.3 is 5.32 Å². The van der Waals surface area contributed by atoms with Crippen molar-refractivity contribution in [2.75, 3.05) is 7.05 Å². The molecule has 1 heterocycles. The minimum absolute atomic E-state index is 0.309. The molecule has 1 aromatic heterocycles. The third-order valence-corrected chi connectivity index (χ3v) is 5.24. The van der Waals surface area contributed by atoms with Gasteiger partial charge in [0.15, 0.2) is 4.34 Å². The van der Waals surface area contributed by atoms with Gasteiger partial charge in [-0.15, -0.1) is 11.3 Å². The Morgan fingerprint density at radius 3 is 2.78 bits per heavy atom. The number of aryl methyl sites for hydroxylation is 1. The van der Waals surface area contributed by atoms with E-state index in [4.69, 9.17) is 11.6 Å². The second-order valence-electron chi connectivity index (χ2n) is 4.06. The van der Waals surface area contributed by atoms with E-state index in [0.717, 1.165) is 20.0 Å². The van der Waals surface area contributed by atoms with Crippen LogP contribution in [0.3, 0.4) is 0 Å². The van der Waals surface area contributed by atoms with Crippen molar-refractivity contribution in [1.82, 2.24) is 10.3 Å². The first-order chi connectivity index (χ1) is 8.60. The molecule has 0 aliphatic rings. The van der Waals surface area contributed by atoms with E-state index in [-0.39, 0.29) is 0 Å². The number of nitrogens with one attached hydrogen (secondary N) is 1. The Morgan fingerprint density at radius 2 is 2.22 bits per heavy atom. The van der Waals surface area contributed by atoms with Crippen LogP contribution in [0, 0.1) is 6.92 Å². The summed E-state index contributed by atoms with van der Waals surface area (Å²) in [6, 6.07) is 6.50. The Hall–Kier alpha value is -0.550. The predicted molar refractivity (Wildman–Crippen MR) is 79.9 cm³/mol. The van der Waals surface area contributed by atoms with E-state index in [9.17, 15) is 0 Å². The molecule has 0 amide bonds. The topological polar surface area (TPSA) is 24.9 Å². The highest BCUT2D eigenvalue weighted by Gasteiger charge is 2.09. The van der Waals surface area contributed by atoms with Crippen molar-refractivity contribution in [3.05, 3.63) is 39.9 Å². The van der Waals surface area contributed by atoms with E-state index in [0.29, 0.717) is 6.04 Å². The van der Waals surface area contributed by atoms with Crippen LogP contribution in [-0.4, -0.2) is 12.0 Å². The number of hydrogen-bond acceptors (Lipinski definition) is 4. The molecule has 0 saturated carbocycles. The van der Waals surface area contributed by atoms with Gasteiger partial charge in [0.1, 0.15) is 0 Å². The van der Waals surface area contributed by atoms with Gasteiger partial charge in [0.25, 0.3) is 0 Å². The quantitative estimate of drug-likeness (QED) is 0.897. The van der Waals surface area contributed by atoms with Gasteiger partial charge in [-0.1, -0.05) is 29.4 Å². The van der Waals surface area contributed by atoms with Crippen LogP contribution in [0.25, 0.3) is 0 Å². The smallest absolute Gasteiger partial charge is 0.154 e. The lowest BCUT2D eigenvalue weighted by Gasteiger charge is -2.12. The van der Waals surface area contributed by atoms with Gasteiger partial charge in [0.05, 0.1) is 5.02 Å². The molecular formula is C13H15ClN2S2. The highest BCUT2D eigenvalue weighted by molar-refractivity contribution is 8.01. The molecule has 5 heteroatoms. The first kappa shape index (κ1) is 13.9. The number of nitrogens with zero attached hydrogens (tertiary/aromatic N) is 1. The summed E-state index contributed by atoms with van der Waals surface area (Å²) in [4.78, 5) is 5.49. The Kier molecular flexibility index (Phi) is 4.67. The fourth-order valence-electron chi connectivity index (χ4n) is 1.51. The molecule has 0 radical (unpaired) electrons. The third kappa shape index (κ3) is 3.26. The van der Waals surface area contributed by atoms with E-state index in [1.54, 1.807) is 23.1 Å². The molecule has 1 atom stereocenters. The second kappa shape index (κ2) is 6.06. The predicted octanol–water partition coefficient (Wildman–Crippen LogP) is 4.54. The van der Waals surface area contributed by atoms with Gasteiger partial charge in [-0.25, -0.2) is 4.98 Å². The summed E-state index contributed by atoms with van der Waals surface area (Å²) in [7, 11) is 1.94. The lowest BCUT2D eigenvalue weighted by Crippen LogP contribution is -2.12. The van der Waals surface area contributed by atoms with Crippen LogP contribution in [0.4, 0.5) is 0 Å². The van der Waals surface area contributed by atoms with Crippen molar-refractivity contribution in [1.29, 1.82) is 0 Å². The van der Waals surface area contributed by atoms with Crippen LogP contribution < -0.4 is 5.32 Å². The molecule has 2 nitrogen and oxygen atoms in total. The largest absolute Gasteiger partial charge is 0.313 e. The van der Waals surface area contributed by atoms with Crippen LogP contribution in [-0.2, 0) is 0 Å². The standard InChI is InChI=1S/C13H15ClN2S2/c1-8-7-17-13(16-8)18-12-5-4-10(6-11(12)14)9(2)15-3/h4-7,9,15H,1-3H3. The Labute approximate surface area is 121 Å². The first-order valence-electron chi connectivity index (χ1n) is 5.67. The summed E-state index contributed by atoms with van der Waals surface area (Å²) in [6.45, 7) is 4.11. The van der Waals surface area contributed by atoms with Gasteiger partial charge >= 0.3 is 0 Å². The molecule has 2 aromatic rings. The minimum Gasteiger partial charge on any atom is -0.313 e. The summed E-state index contributed by atoms with van der Waals surface area (Å²) in [5, 5.41) is 6.04. The third-order valence-electron chi connectivity index (χ3n) is 2.68. The van der Waals surface area contributed by atoms with Gasteiger partial charge in [0.2, 0.25) is 0 Å². The van der Waals surface area contributed by atoms with Gasteiger partial charge in [-0.2, -0.15) is 0 Å². The molecule has 1 aromatic carbocycles. The van der Waals surface area contributed by atoms with Gasteiger partial charge in [-0.3, -0.25) is 0 Å². The average molecular weight is 299 g/mol. The van der Waals surface area contributed by atoms with Crippen LogP contribution in [0.1, 0.15) is 24.2 Å². The SMILES string of the molecule is CNC(C)c1ccc(Sc2nc(C)cs2)c(Cl)c1. The Bertz CT molecular complexity index is 540. The highest BCUT2D eigenvalue weighted by atomic mass is 35.5. The molecule has 0 aliphatic heterocycles. The maximum atomic E-state index is 6.32. The maximum absolute atomic E-state index is 6.32. The monoisotopic (exact) mass is 298 g/mol. The van der Waals surface area contributed by atoms with E-state index in [2.05, 4.69) is 29.4 Å². The normalized spacial score (nSPS) is 12.7. The van der Waals surface area contributed by atoms with E-state index < -0.39 is 0 Å². The first-order valence-corrected chi connectivity index (χ1v) is 7.74. The fraction of sp³-hybridized carbons (Fsp3) is 0.308. The number of rotatable bonds is 4. The van der Waals surface area contributed by atoms with Crippen molar-refractivity contribution in [3.63, 3.8) is 0 Å². The van der Waals surface area contributed by atoms with Crippen molar-refractivity contribution in [3.8, 4) is 0 Å². The maximum Gasteiger partial charge on any atom is 0.154 e. The van der Waals surface area contributed by atoms with E-state index in [1.165, 1.54) is 5.56 Å². The zero-order valence-corrected chi connectivity index (χ0v) is 12.9. The molecule has 0 fully saturated rings. The van der Waals surface area contributed by atoms with E-state index in [1.807, 2.05) is 25.4 Å². The summed E-state index contributed by atoms with van der Waals surface area (Å²) in [5.41, 5.74) is 2.25. The van der Waals surface area contributed by atoms with Gasteiger partial charge in [-0.05, 0) is 38.6 Å². The molecule has 1 N–H and O–H groups in total. The molecule has 2 rings (SSSR count). The zero-order chi connectivity index (χ0) is 13.1. The van der Waals surface area contributed by atoms with Crippen LogP contribution in [0.15, 0.2) is 32.8 Å². The summed E-state index contributed by atoms with van der Waals surface area (Å²) in [6.07, 6.45) is 0. The molecular weight excluding hydrogens is 284 g/mol. The molecule has 0 bridgehead atoms. The van der Waals surface area contributed by atoms with Crippen molar-refractivity contribution in [2.24, 2.45) is 0 Å². The lowest BCUT2D eigenvalue weighted by molar-refractivity contribution is 0.652. The summed E-state index contributed by atoms with van der Waals surface area (Å²) in [5.74, 6) is 0. The number of aromatic nitrogens is 1. The zero-order valence-electron chi connectivity index (χ0n) is 10.5. The van der Waals surface area contributed by atoms with Crippen LogP contribution in [0.2, 0.25) is 5.02 Å².